The molecule has 2 nitrogen and oxygen atoms in total. The van der Waals surface area contributed by atoms with Crippen LogP contribution in [0, 0.1) is 0 Å². The van der Waals surface area contributed by atoms with Gasteiger partial charge >= 0.3 is 0 Å². The number of nitrogens with one attached hydrogen (secondary N) is 1. The molecule has 0 unspecified atom stereocenters. The number of hydrogen-bond acceptors (Lipinski definition) is 2. The van der Waals surface area contributed by atoms with Gasteiger partial charge in [-0.05, 0) is 33.4 Å². The fourth-order valence-corrected chi connectivity index (χ4v) is 1.38. The van der Waals surface area contributed by atoms with Crippen LogP contribution in [0.5, 0.6) is 0 Å². The quantitative estimate of drug-likeness (QED) is 0.559. The number of hydrogen-bond donors (Lipinski definition) is 1. The molecular formula is C11H23NO. The molecule has 0 aliphatic carbocycles. The van der Waals surface area contributed by atoms with E-state index in [1.54, 1.807) is 6.92 Å². The van der Waals surface area contributed by atoms with Crippen LogP contribution < -0.4 is 5.32 Å². The van der Waals surface area contributed by atoms with Crippen molar-refractivity contribution in [2.45, 2.75) is 51.9 Å². The minimum Gasteiger partial charge on any atom is -0.320 e. The third-order valence-corrected chi connectivity index (χ3v) is 2.21. The number of rotatable bonds is 9. The maximum atomic E-state index is 10.6. The average molecular weight is 185 g/mol. The zero-order valence-electron chi connectivity index (χ0n) is 9.07. The largest absolute Gasteiger partial charge is 0.320 e. The van der Waals surface area contributed by atoms with E-state index in [-0.39, 0.29) is 0 Å². The van der Waals surface area contributed by atoms with Gasteiger partial charge in [0.05, 0.1) is 0 Å². The van der Waals surface area contributed by atoms with Crippen molar-refractivity contribution in [1.29, 1.82) is 0 Å². The standard InChI is InChI=1S/C11H23NO/c1-11(13)9-7-5-3-4-6-8-10-12-2/h12H,3-10H2,1-2H3. The second kappa shape index (κ2) is 9.72. The lowest BCUT2D eigenvalue weighted by molar-refractivity contribution is -0.117. The van der Waals surface area contributed by atoms with Crippen LogP contribution in [-0.2, 0) is 4.79 Å². The predicted octanol–water partition coefficient (Wildman–Crippen LogP) is 2.53. The van der Waals surface area contributed by atoms with E-state index in [2.05, 4.69) is 5.32 Å². The van der Waals surface area contributed by atoms with E-state index in [1.807, 2.05) is 7.05 Å². The summed E-state index contributed by atoms with van der Waals surface area (Å²) in [6, 6.07) is 0. The third kappa shape index (κ3) is 11.6. The van der Waals surface area contributed by atoms with Gasteiger partial charge in [0.25, 0.3) is 0 Å². The van der Waals surface area contributed by atoms with E-state index in [9.17, 15) is 4.79 Å². The molecule has 0 heterocycles. The van der Waals surface area contributed by atoms with Crippen molar-refractivity contribution in [3.8, 4) is 0 Å². The van der Waals surface area contributed by atoms with Gasteiger partial charge in [-0.25, -0.2) is 0 Å². The summed E-state index contributed by atoms with van der Waals surface area (Å²) in [5.74, 6) is 0.329. The molecular weight excluding hydrogens is 162 g/mol. The van der Waals surface area contributed by atoms with E-state index in [0.29, 0.717) is 5.78 Å². The van der Waals surface area contributed by atoms with Crippen molar-refractivity contribution in [3.63, 3.8) is 0 Å². The maximum absolute atomic E-state index is 10.6. The molecule has 13 heavy (non-hydrogen) atoms. The Balaban J connectivity index is 2.87. The molecule has 0 radical (unpaired) electrons. The van der Waals surface area contributed by atoms with Gasteiger partial charge in [0.2, 0.25) is 0 Å². The number of unbranched alkanes of at least 4 members (excludes halogenated alkanes) is 5. The van der Waals surface area contributed by atoms with Gasteiger partial charge in [0, 0.05) is 6.42 Å². The molecule has 0 spiro atoms. The van der Waals surface area contributed by atoms with Crippen LogP contribution in [0.15, 0.2) is 0 Å². The fourth-order valence-electron chi connectivity index (χ4n) is 1.38. The molecule has 2 heteroatoms. The normalized spacial score (nSPS) is 10.3. The molecule has 0 saturated heterocycles. The van der Waals surface area contributed by atoms with Crippen molar-refractivity contribution in [2.75, 3.05) is 13.6 Å². The minimum atomic E-state index is 0.329. The first kappa shape index (κ1) is 12.6. The van der Waals surface area contributed by atoms with Crippen LogP contribution >= 0.6 is 0 Å². The second-order valence-corrected chi connectivity index (χ2v) is 3.68. The molecule has 0 aliphatic rings. The molecule has 0 rings (SSSR count). The van der Waals surface area contributed by atoms with E-state index in [4.69, 9.17) is 0 Å². The highest BCUT2D eigenvalue weighted by Gasteiger charge is 1.93. The van der Waals surface area contributed by atoms with Gasteiger partial charge in [0.15, 0.2) is 0 Å². The zero-order valence-corrected chi connectivity index (χ0v) is 9.07. The summed E-state index contributed by atoms with van der Waals surface area (Å²) < 4.78 is 0. The van der Waals surface area contributed by atoms with Crippen molar-refractivity contribution >= 4 is 5.78 Å². The van der Waals surface area contributed by atoms with Gasteiger partial charge in [-0.3, -0.25) is 0 Å². The lowest BCUT2D eigenvalue weighted by Gasteiger charge is -2.00. The molecule has 0 aromatic rings. The van der Waals surface area contributed by atoms with E-state index < -0.39 is 0 Å². The van der Waals surface area contributed by atoms with Crippen LogP contribution in [0.4, 0.5) is 0 Å². The molecule has 0 amide bonds. The number of Topliss-reactive ketones (excluding diaryl/α,β-unsaturated/α-hetero) is 1. The Morgan fingerprint density at radius 3 is 2.08 bits per heavy atom. The molecule has 0 bridgehead atoms. The summed E-state index contributed by atoms with van der Waals surface area (Å²) in [6.07, 6.45) is 8.29. The number of carbonyl (C=O) groups excluding carboxylic acids is 1. The lowest BCUT2D eigenvalue weighted by Crippen LogP contribution is -2.06. The van der Waals surface area contributed by atoms with E-state index in [1.165, 1.54) is 32.1 Å². The molecule has 1 N–H and O–H groups in total. The van der Waals surface area contributed by atoms with Gasteiger partial charge in [-0.15, -0.1) is 0 Å². The summed E-state index contributed by atoms with van der Waals surface area (Å²) >= 11 is 0. The Labute approximate surface area is 82.1 Å². The Morgan fingerprint density at radius 1 is 1.00 bits per heavy atom. The summed E-state index contributed by atoms with van der Waals surface area (Å²) in [7, 11) is 1.99. The Morgan fingerprint density at radius 2 is 1.54 bits per heavy atom. The molecule has 0 atom stereocenters. The minimum absolute atomic E-state index is 0.329. The lowest BCUT2D eigenvalue weighted by atomic mass is 10.1. The second-order valence-electron chi connectivity index (χ2n) is 3.68. The highest BCUT2D eigenvalue weighted by atomic mass is 16.1. The van der Waals surface area contributed by atoms with Gasteiger partial charge in [-0.1, -0.05) is 25.7 Å². The van der Waals surface area contributed by atoms with Crippen molar-refractivity contribution < 1.29 is 4.79 Å². The summed E-state index contributed by atoms with van der Waals surface area (Å²) in [6.45, 7) is 2.81. The zero-order chi connectivity index (χ0) is 9.94. The van der Waals surface area contributed by atoms with E-state index >= 15 is 0 Å². The van der Waals surface area contributed by atoms with Gasteiger partial charge in [-0.2, -0.15) is 0 Å². The van der Waals surface area contributed by atoms with Crippen molar-refractivity contribution in [2.24, 2.45) is 0 Å². The van der Waals surface area contributed by atoms with Gasteiger partial charge in [0.1, 0.15) is 5.78 Å². The van der Waals surface area contributed by atoms with Crippen LogP contribution in [0.25, 0.3) is 0 Å². The topological polar surface area (TPSA) is 29.1 Å². The van der Waals surface area contributed by atoms with Crippen molar-refractivity contribution in [3.05, 3.63) is 0 Å². The molecule has 0 aliphatic heterocycles. The molecule has 0 fully saturated rings. The van der Waals surface area contributed by atoms with Crippen LogP contribution in [0.3, 0.4) is 0 Å². The molecule has 0 saturated carbocycles. The summed E-state index contributed by atoms with van der Waals surface area (Å²) in [5.41, 5.74) is 0. The third-order valence-electron chi connectivity index (χ3n) is 2.21. The van der Waals surface area contributed by atoms with Gasteiger partial charge < -0.3 is 10.1 Å². The first-order valence-electron chi connectivity index (χ1n) is 5.41. The average Bonchev–Trinajstić information content (AvgIpc) is 2.09. The Bertz CT molecular complexity index is 123. The molecule has 78 valence electrons. The molecule has 0 aromatic heterocycles. The summed E-state index contributed by atoms with van der Waals surface area (Å²) in [5, 5.41) is 3.14. The SMILES string of the molecule is CNCCCCCCCCC(C)=O. The first-order chi connectivity index (χ1) is 6.27. The first-order valence-corrected chi connectivity index (χ1v) is 5.41. The van der Waals surface area contributed by atoms with Crippen LogP contribution in [-0.4, -0.2) is 19.4 Å². The highest BCUT2D eigenvalue weighted by molar-refractivity contribution is 5.75. The number of carbonyl (C=O) groups is 1. The maximum Gasteiger partial charge on any atom is 0.129 e. The molecule has 0 aromatic carbocycles. The van der Waals surface area contributed by atoms with Crippen molar-refractivity contribution in [1.82, 2.24) is 5.32 Å². The van der Waals surface area contributed by atoms with Crippen LogP contribution in [0.2, 0.25) is 0 Å². The fraction of sp³-hybridized carbons (Fsp3) is 0.909. The Hall–Kier alpha value is -0.370. The smallest absolute Gasteiger partial charge is 0.129 e. The Kier molecular flexibility index (Phi) is 9.44. The highest BCUT2D eigenvalue weighted by Crippen LogP contribution is 2.06. The summed E-state index contributed by atoms with van der Waals surface area (Å²) in [4.78, 5) is 10.6. The predicted molar refractivity (Wildman–Crippen MR) is 56.9 cm³/mol. The number of ketones is 1. The monoisotopic (exact) mass is 185 g/mol. The van der Waals surface area contributed by atoms with Crippen LogP contribution in [0.1, 0.15) is 51.9 Å². The van der Waals surface area contributed by atoms with E-state index in [0.717, 1.165) is 19.4 Å².